The van der Waals surface area contributed by atoms with Crippen LogP contribution in [0.15, 0.2) is 60.7 Å². The first-order chi connectivity index (χ1) is 15.3. The summed E-state index contributed by atoms with van der Waals surface area (Å²) in [5.74, 6) is 0.234. The molecule has 0 spiro atoms. The van der Waals surface area contributed by atoms with E-state index in [9.17, 15) is 25.5 Å². The fraction of sp³-hybridized carbons (Fsp3) is 0.0455. The second kappa shape index (κ2) is 9.92. The number of hydrogen-bond donors (Lipinski definition) is 0. The van der Waals surface area contributed by atoms with Gasteiger partial charge in [0.2, 0.25) is 0 Å². The van der Waals surface area contributed by atoms with E-state index in [0.717, 1.165) is 0 Å². The van der Waals surface area contributed by atoms with E-state index in [1.165, 1.54) is 36.4 Å². The van der Waals surface area contributed by atoms with Gasteiger partial charge in [-0.1, -0.05) is 23.2 Å². The van der Waals surface area contributed by atoms with Crippen molar-refractivity contribution in [3.8, 4) is 11.8 Å². The molecule has 3 aromatic rings. The minimum atomic E-state index is -0.519. The first-order valence-corrected chi connectivity index (χ1v) is 9.76. The smallest absolute Gasteiger partial charge is 0.269 e. The SMILES string of the molecule is N#C/C(=C\c1cc(Cl)c(OCc2ccc([N+](=O)[O-])cc2)c(Cl)c1)c1ccc([N+](=O)[O-])cc1. The molecule has 160 valence electrons. The van der Waals surface area contributed by atoms with Gasteiger partial charge in [-0.15, -0.1) is 0 Å². The standard InChI is InChI=1S/C22H13Cl2N3O5/c23-20-10-15(9-17(12-25)16-3-7-19(8-4-16)27(30)31)11-21(24)22(20)32-13-14-1-5-18(6-2-14)26(28)29/h1-11H,13H2/b17-9+. The minimum Gasteiger partial charge on any atom is -0.486 e. The lowest BCUT2D eigenvalue weighted by Gasteiger charge is -2.11. The number of benzene rings is 3. The van der Waals surface area contributed by atoms with Crippen LogP contribution in [0.1, 0.15) is 16.7 Å². The number of allylic oxidation sites excluding steroid dienone is 1. The molecule has 0 aromatic heterocycles. The maximum atomic E-state index is 10.8. The van der Waals surface area contributed by atoms with E-state index >= 15 is 0 Å². The van der Waals surface area contributed by atoms with Crippen molar-refractivity contribution in [1.82, 2.24) is 0 Å². The van der Waals surface area contributed by atoms with Crippen LogP contribution in [0, 0.1) is 31.6 Å². The third-order valence-electron chi connectivity index (χ3n) is 4.37. The van der Waals surface area contributed by atoms with Crippen molar-refractivity contribution in [1.29, 1.82) is 5.26 Å². The molecule has 0 amide bonds. The van der Waals surface area contributed by atoms with Gasteiger partial charge in [-0.25, -0.2) is 0 Å². The molecule has 10 heteroatoms. The molecule has 0 aliphatic rings. The highest BCUT2D eigenvalue weighted by molar-refractivity contribution is 6.37. The zero-order valence-corrected chi connectivity index (χ0v) is 17.7. The fourth-order valence-electron chi connectivity index (χ4n) is 2.78. The molecule has 0 N–H and O–H groups in total. The lowest BCUT2D eigenvalue weighted by molar-refractivity contribution is -0.385. The first-order valence-electron chi connectivity index (χ1n) is 9.00. The lowest BCUT2D eigenvalue weighted by Crippen LogP contribution is -1.97. The molecule has 0 unspecified atom stereocenters. The minimum absolute atomic E-state index is 0.0257. The summed E-state index contributed by atoms with van der Waals surface area (Å²) in [7, 11) is 0. The Kier molecular flexibility index (Phi) is 7.05. The Morgan fingerprint density at radius 1 is 0.938 bits per heavy atom. The van der Waals surface area contributed by atoms with Crippen LogP contribution in [0.3, 0.4) is 0 Å². The number of nitrogens with zero attached hydrogens (tertiary/aromatic N) is 3. The number of hydrogen-bond acceptors (Lipinski definition) is 6. The highest BCUT2D eigenvalue weighted by Gasteiger charge is 2.12. The van der Waals surface area contributed by atoms with Gasteiger partial charge in [0.25, 0.3) is 11.4 Å². The third-order valence-corrected chi connectivity index (χ3v) is 4.93. The van der Waals surface area contributed by atoms with Gasteiger partial charge in [0.15, 0.2) is 5.75 Å². The number of nitro groups is 2. The molecular weight excluding hydrogens is 457 g/mol. The van der Waals surface area contributed by atoms with E-state index in [-0.39, 0.29) is 39.3 Å². The molecule has 3 aromatic carbocycles. The van der Waals surface area contributed by atoms with Crippen LogP contribution in [0.25, 0.3) is 11.6 Å². The van der Waals surface area contributed by atoms with Gasteiger partial charge in [0.1, 0.15) is 6.61 Å². The maximum Gasteiger partial charge on any atom is 0.269 e. The average Bonchev–Trinajstić information content (AvgIpc) is 2.77. The molecule has 8 nitrogen and oxygen atoms in total. The zero-order valence-electron chi connectivity index (χ0n) is 16.2. The van der Waals surface area contributed by atoms with Gasteiger partial charge >= 0.3 is 0 Å². The highest BCUT2D eigenvalue weighted by Crippen LogP contribution is 2.36. The summed E-state index contributed by atoms with van der Waals surface area (Å²) in [6.45, 7) is 0.0961. The maximum absolute atomic E-state index is 10.8. The Balaban J connectivity index is 1.80. The van der Waals surface area contributed by atoms with Gasteiger partial charge in [-0.05, 0) is 59.2 Å². The number of nitro benzene ring substituents is 2. The Morgan fingerprint density at radius 3 is 1.91 bits per heavy atom. The highest BCUT2D eigenvalue weighted by atomic mass is 35.5. The predicted molar refractivity (Wildman–Crippen MR) is 120 cm³/mol. The second-order valence-corrected chi connectivity index (χ2v) is 7.31. The van der Waals surface area contributed by atoms with Crippen molar-refractivity contribution in [3.05, 3.63) is 108 Å². The molecule has 0 atom stereocenters. The van der Waals surface area contributed by atoms with Crippen LogP contribution >= 0.6 is 23.2 Å². The molecular formula is C22H13Cl2N3O5. The average molecular weight is 470 g/mol. The van der Waals surface area contributed by atoms with Gasteiger partial charge in [0.05, 0.1) is 31.5 Å². The van der Waals surface area contributed by atoms with Crippen molar-refractivity contribution in [2.75, 3.05) is 0 Å². The molecule has 0 aliphatic heterocycles. The molecule has 0 radical (unpaired) electrons. The summed E-state index contributed by atoms with van der Waals surface area (Å²) in [6.07, 6.45) is 1.55. The summed E-state index contributed by atoms with van der Waals surface area (Å²) in [5.41, 5.74) is 1.90. The Labute approximate surface area is 192 Å². The van der Waals surface area contributed by atoms with Gasteiger partial charge in [0, 0.05) is 24.3 Å². The van der Waals surface area contributed by atoms with E-state index in [1.54, 1.807) is 30.3 Å². The van der Waals surface area contributed by atoms with Crippen molar-refractivity contribution >= 4 is 46.2 Å². The fourth-order valence-corrected chi connectivity index (χ4v) is 3.39. The summed E-state index contributed by atoms with van der Waals surface area (Å²) in [6, 6.07) is 16.7. The number of rotatable bonds is 7. The first kappa shape index (κ1) is 22.7. The number of halogens is 2. The monoisotopic (exact) mass is 469 g/mol. The quantitative estimate of drug-likeness (QED) is 0.169. The molecule has 0 saturated carbocycles. The van der Waals surface area contributed by atoms with Crippen LogP contribution < -0.4 is 4.74 Å². The predicted octanol–water partition coefficient (Wildman–Crippen LogP) is 6.45. The van der Waals surface area contributed by atoms with Crippen molar-refractivity contribution in [2.45, 2.75) is 6.61 Å². The van der Waals surface area contributed by atoms with E-state index in [0.29, 0.717) is 16.7 Å². The Bertz CT molecular complexity index is 1230. The van der Waals surface area contributed by atoms with E-state index in [4.69, 9.17) is 27.9 Å². The molecule has 0 saturated heterocycles. The normalized spacial score (nSPS) is 11.0. The summed E-state index contributed by atoms with van der Waals surface area (Å²) >= 11 is 12.6. The number of ether oxygens (including phenoxy) is 1. The van der Waals surface area contributed by atoms with Crippen molar-refractivity contribution in [2.24, 2.45) is 0 Å². The Hall–Kier alpha value is -3.93. The van der Waals surface area contributed by atoms with Crippen LogP contribution in [0.5, 0.6) is 5.75 Å². The topological polar surface area (TPSA) is 119 Å². The summed E-state index contributed by atoms with van der Waals surface area (Å²) in [5, 5.41) is 31.4. The molecule has 0 aliphatic carbocycles. The van der Waals surface area contributed by atoms with E-state index in [2.05, 4.69) is 6.07 Å². The summed E-state index contributed by atoms with van der Waals surface area (Å²) in [4.78, 5) is 20.5. The Morgan fingerprint density at radius 2 is 1.44 bits per heavy atom. The number of non-ortho nitro benzene ring substituents is 2. The third kappa shape index (κ3) is 5.40. The van der Waals surface area contributed by atoms with Crippen molar-refractivity contribution in [3.63, 3.8) is 0 Å². The van der Waals surface area contributed by atoms with Gasteiger partial charge in [-0.2, -0.15) is 5.26 Å². The van der Waals surface area contributed by atoms with Crippen LogP contribution in [0.4, 0.5) is 11.4 Å². The van der Waals surface area contributed by atoms with Gasteiger partial charge < -0.3 is 4.74 Å². The van der Waals surface area contributed by atoms with Crippen LogP contribution in [-0.4, -0.2) is 9.85 Å². The lowest BCUT2D eigenvalue weighted by atomic mass is 10.0. The van der Waals surface area contributed by atoms with E-state index < -0.39 is 9.85 Å². The van der Waals surface area contributed by atoms with Gasteiger partial charge in [-0.3, -0.25) is 20.2 Å². The number of nitriles is 1. The molecule has 0 heterocycles. The van der Waals surface area contributed by atoms with Crippen LogP contribution in [0.2, 0.25) is 10.0 Å². The molecule has 0 fully saturated rings. The van der Waals surface area contributed by atoms with Crippen molar-refractivity contribution < 1.29 is 14.6 Å². The largest absolute Gasteiger partial charge is 0.486 e. The molecule has 3 rings (SSSR count). The van der Waals surface area contributed by atoms with Crippen LogP contribution in [-0.2, 0) is 6.61 Å². The summed E-state index contributed by atoms with van der Waals surface area (Å²) < 4.78 is 5.68. The molecule has 0 bridgehead atoms. The second-order valence-electron chi connectivity index (χ2n) is 6.50. The zero-order chi connectivity index (χ0) is 23.3. The molecule has 32 heavy (non-hydrogen) atoms. The van der Waals surface area contributed by atoms with E-state index in [1.807, 2.05) is 0 Å².